The van der Waals surface area contributed by atoms with Crippen LogP contribution in [0.4, 0.5) is 0 Å². The number of halogens is 1. The van der Waals surface area contributed by atoms with E-state index in [9.17, 15) is 4.79 Å². The lowest BCUT2D eigenvalue weighted by Crippen LogP contribution is -2.34. The fourth-order valence-corrected chi connectivity index (χ4v) is 2.98. The van der Waals surface area contributed by atoms with Gasteiger partial charge < -0.3 is 4.74 Å². The molecule has 0 aromatic heterocycles. The minimum atomic E-state index is -0.628. The lowest BCUT2D eigenvalue weighted by molar-refractivity contribution is -0.144. The fraction of sp³-hybridized carbons (Fsp3) is 0.417. The van der Waals surface area contributed by atoms with E-state index in [-0.39, 0.29) is 5.97 Å². The summed E-state index contributed by atoms with van der Waals surface area (Å²) in [6.45, 7) is 0. The van der Waals surface area contributed by atoms with Gasteiger partial charge in [-0.2, -0.15) is 0 Å². The maximum Gasteiger partial charge on any atom is 0.327 e. The molecule has 0 heterocycles. The summed E-state index contributed by atoms with van der Waals surface area (Å²) in [5.74, 6) is -0.199. The highest BCUT2D eigenvalue weighted by Crippen LogP contribution is 2.43. The average Bonchev–Trinajstić information content (AvgIpc) is 2.28. The number of esters is 1. The van der Waals surface area contributed by atoms with E-state index in [0.717, 1.165) is 24.8 Å². The zero-order valence-electron chi connectivity index (χ0n) is 8.63. The first-order chi connectivity index (χ1) is 7.18. The van der Waals surface area contributed by atoms with Gasteiger partial charge in [0.05, 0.1) is 7.11 Å². The largest absolute Gasteiger partial charge is 0.468 e. The van der Waals surface area contributed by atoms with Crippen molar-refractivity contribution in [2.75, 3.05) is 7.11 Å². The minimum absolute atomic E-state index is 0.199. The number of aryl methyl sites for hydroxylation is 1. The average molecular weight is 269 g/mol. The van der Waals surface area contributed by atoms with E-state index in [4.69, 9.17) is 4.74 Å². The molecule has 0 saturated heterocycles. The van der Waals surface area contributed by atoms with Crippen molar-refractivity contribution in [1.82, 2.24) is 0 Å². The Morgan fingerprint density at radius 2 is 2.20 bits per heavy atom. The molecule has 3 heteroatoms. The van der Waals surface area contributed by atoms with Crippen LogP contribution in [-0.4, -0.2) is 13.1 Å². The van der Waals surface area contributed by atoms with Gasteiger partial charge in [-0.3, -0.25) is 4.79 Å². The molecule has 0 saturated carbocycles. The van der Waals surface area contributed by atoms with Crippen molar-refractivity contribution < 1.29 is 9.53 Å². The third-order valence-electron chi connectivity index (χ3n) is 2.92. The number of methoxy groups -OCH3 is 1. The highest BCUT2D eigenvalue weighted by Gasteiger charge is 2.41. The molecule has 1 aromatic carbocycles. The van der Waals surface area contributed by atoms with Crippen LogP contribution in [-0.2, 0) is 20.3 Å². The molecule has 0 aliphatic heterocycles. The minimum Gasteiger partial charge on any atom is -0.468 e. The van der Waals surface area contributed by atoms with Gasteiger partial charge in [-0.05, 0) is 30.4 Å². The number of alkyl halides is 1. The quantitative estimate of drug-likeness (QED) is 0.579. The van der Waals surface area contributed by atoms with E-state index in [1.807, 2.05) is 18.2 Å². The zero-order chi connectivity index (χ0) is 10.9. The van der Waals surface area contributed by atoms with Crippen LogP contribution >= 0.6 is 15.9 Å². The molecule has 1 atom stereocenters. The summed E-state index contributed by atoms with van der Waals surface area (Å²) in [5.41, 5.74) is 2.30. The van der Waals surface area contributed by atoms with Crippen molar-refractivity contribution in [3.05, 3.63) is 35.4 Å². The van der Waals surface area contributed by atoms with Gasteiger partial charge in [-0.25, -0.2) is 0 Å². The van der Waals surface area contributed by atoms with Crippen LogP contribution in [0.15, 0.2) is 24.3 Å². The lowest BCUT2D eigenvalue weighted by Gasteiger charge is -2.31. The van der Waals surface area contributed by atoms with E-state index in [0.29, 0.717) is 0 Å². The highest BCUT2D eigenvalue weighted by atomic mass is 79.9. The number of carbonyl (C=O) groups excluding carboxylic acids is 1. The molecule has 0 spiro atoms. The van der Waals surface area contributed by atoms with E-state index >= 15 is 0 Å². The molecule has 0 bridgehead atoms. The molecule has 80 valence electrons. The summed E-state index contributed by atoms with van der Waals surface area (Å²) in [7, 11) is 1.43. The van der Waals surface area contributed by atoms with E-state index in [2.05, 4.69) is 22.0 Å². The summed E-state index contributed by atoms with van der Waals surface area (Å²) in [5, 5.41) is 0. The molecule has 15 heavy (non-hydrogen) atoms. The second-order valence-electron chi connectivity index (χ2n) is 3.80. The number of ether oxygens (including phenoxy) is 1. The molecule has 0 fully saturated rings. The number of benzene rings is 1. The summed E-state index contributed by atoms with van der Waals surface area (Å²) in [6.07, 6.45) is 2.86. The zero-order valence-corrected chi connectivity index (χ0v) is 10.2. The Morgan fingerprint density at radius 1 is 1.47 bits per heavy atom. The summed E-state index contributed by atoms with van der Waals surface area (Å²) >= 11 is 3.55. The molecule has 2 nitrogen and oxygen atoms in total. The third-order valence-corrected chi connectivity index (χ3v) is 4.07. The maximum atomic E-state index is 11.8. The van der Waals surface area contributed by atoms with E-state index in [1.165, 1.54) is 12.7 Å². The van der Waals surface area contributed by atoms with Gasteiger partial charge in [0, 0.05) is 0 Å². The molecule has 1 aliphatic carbocycles. The molecule has 1 aliphatic rings. The topological polar surface area (TPSA) is 26.3 Å². The van der Waals surface area contributed by atoms with Gasteiger partial charge >= 0.3 is 5.97 Å². The van der Waals surface area contributed by atoms with Crippen LogP contribution in [0, 0.1) is 0 Å². The first-order valence-corrected chi connectivity index (χ1v) is 5.83. The van der Waals surface area contributed by atoms with Crippen molar-refractivity contribution in [2.45, 2.75) is 23.6 Å². The number of rotatable bonds is 1. The summed E-state index contributed by atoms with van der Waals surface area (Å²) in [4.78, 5) is 11.8. The Morgan fingerprint density at radius 3 is 2.93 bits per heavy atom. The Labute approximate surface area is 97.8 Å². The van der Waals surface area contributed by atoms with Gasteiger partial charge in [0.1, 0.15) is 4.32 Å². The van der Waals surface area contributed by atoms with Crippen LogP contribution < -0.4 is 0 Å². The van der Waals surface area contributed by atoms with Crippen LogP contribution in [0.1, 0.15) is 24.0 Å². The Balaban J connectivity index is 2.49. The first kappa shape index (κ1) is 10.7. The van der Waals surface area contributed by atoms with Crippen molar-refractivity contribution in [2.24, 2.45) is 0 Å². The second-order valence-corrected chi connectivity index (χ2v) is 5.16. The van der Waals surface area contributed by atoms with Gasteiger partial charge in [0.25, 0.3) is 0 Å². The van der Waals surface area contributed by atoms with Crippen molar-refractivity contribution in [1.29, 1.82) is 0 Å². The Bertz CT molecular complexity index is 389. The molecule has 1 unspecified atom stereocenters. The van der Waals surface area contributed by atoms with Crippen molar-refractivity contribution >= 4 is 21.9 Å². The lowest BCUT2D eigenvalue weighted by atomic mass is 9.83. The van der Waals surface area contributed by atoms with E-state index in [1.54, 1.807) is 0 Å². The number of hydrogen-bond donors (Lipinski definition) is 0. The standard InChI is InChI=1S/C12H13BrO2/c1-15-11(14)12(13)8-4-6-9-5-2-3-7-10(9)12/h2-3,5,7H,4,6,8H2,1H3. The molecule has 0 radical (unpaired) electrons. The van der Waals surface area contributed by atoms with Crippen molar-refractivity contribution in [3.8, 4) is 0 Å². The molecule has 2 rings (SSSR count). The first-order valence-electron chi connectivity index (χ1n) is 5.04. The van der Waals surface area contributed by atoms with Crippen LogP contribution in [0.25, 0.3) is 0 Å². The Kier molecular flexibility index (Phi) is 2.83. The van der Waals surface area contributed by atoms with Crippen LogP contribution in [0.2, 0.25) is 0 Å². The molecule has 0 N–H and O–H groups in total. The van der Waals surface area contributed by atoms with Crippen LogP contribution in [0.3, 0.4) is 0 Å². The van der Waals surface area contributed by atoms with Gasteiger partial charge in [-0.15, -0.1) is 0 Å². The van der Waals surface area contributed by atoms with Gasteiger partial charge in [-0.1, -0.05) is 40.2 Å². The fourth-order valence-electron chi connectivity index (χ4n) is 2.16. The Hall–Kier alpha value is -0.830. The molecular formula is C12H13BrO2. The molecule has 0 amide bonds. The normalized spacial score (nSPS) is 24.4. The smallest absolute Gasteiger partial charge is 0.327 e. The van der Waals surface area contributed by atoms with Gasteiger partial charge in [0.2, 0.25) is 0 Å². The number of fused-ring (bicyclic) bond motifs is 1. The summed E-state index contributed by atoms with van der Waals surface area (Å²) < 4.78 is 4.24. The SMILES string of the molecule is COC(=O)C1(Br)CCCc2ccccc21. The predicted molar refractivity (Wildman–Crippen MR) is 62.0 cm³/mol. The summed E-state index contributed by atoms with van der Waals surface area (Å²) in [6, 6.07) is 8.05. The molecule has 1 aromatic rings. The highest BCUT2D eigenvalue weighted by molar-refractivity contribution is 9.10. The second kappa shape index (κ2) is 3.97. The van der Waals surface area contributed by atoms with Crippen molar-refractivity contribution in [3.63, 3.8) is 0 Å². The monoisotopic (exact) mass is 268 g/mol. The van der Waals surface area contributed by atoms with Crippen LogP contribution in [0.5, 0.6) is 0 Å². The van der Waals surface area contributed by atoms with E-state index < -0.39 is 4.32 Å². The number of carbonyl (C=O) groups is 1. The maximum absolute atomic E-state index is 11.8. The van der Waals surface area contributed by atoms with Gasteiger partial charge in [0.15, 0.2) is 0 Å². The molecular weight excluding hydrogens is 256 g/mol. The number of hydrogen-bond acceptors (Lipinski definition) is 2. The third kappa shape index (κ3) is 1.69. The predicted octanol–water partition coefficient (Wildman–Crippen LogP) is 2.79.